The first-order chi connectivity index (χ1) is 11.1. The molecule has 0 radical (unpaired) electrons. The number of nitrogens with two attached hydrogens (primary N) is 1. The number of hydrogen-bond acceptors (Lipinski definition) is 3. The van der Waals surface area contributed by atoms with Crippen LogP contribution >= 0.6 is 12.4 Å². The minimum Gasteiger partial charge on any atom is -0.492 e. The monoisotopic (exact) mass is 348 g/mol. The van der Waals surface area contributed by atoms with Gasteiger partial charge in [-0.3, -0.25) is 4.79 Å². The molecular weight excluding hydrogens is 324 g/mol. The van der Waals surface area contributed by atoms with Gasteiger partial charge in [0.25, 0.3) is 5.91 Å². The van der Waals surface area contributed by atoms with E-state index in [4.69, 9.17) is 10.5 Å². The van der Waals surface area contributed by atoms with Gasteiger partial charge in [0.15, 0.2) is 0 Å². The van der Waals surface area contributed by atoms with E-state index in [1.807, 2.05) is 24.3 Å². The highest BCUT2D eigenvalue weighted by molar-refractivity contribution is 5.94. The number of rotatable bonds is 7. The van der Waals surface area contributed by atoms with E-state index in [2.05, 4.69) is 31.3 Å². The van der Waals surface area contributed by atoms with E-state index in [0.717, 1.165) is 11.3 Å². The molecule has 5 heteroatoms. The second-order valence-electron chi connectivity index (χ2n) is 5.73. The van der Waals surface area contributed by atoms with Gasteiger partial charge in [-0.25, -0.2) is 0 Å². The number of hydrogen-bond donors (Lipinski definition) is 2. The predicted octanol–water partition coefficient (Wildman–Crippen LogP) is 3.50. The highest BCUT2D eigenvalue weighted by Gasteiger charge is 2.04. The number of benzene rings is 2. The van der Waals surface area contributed by atoms with Gasteiger partial charge in [0, 0.05) is 12.1 Å². The lowest BCUT2D eigenvalue weighted by Gasteiger charge is -2.10. The summed E-state index contributed by atoms with van der Waals surface area (Å²) in [5.41, 5.74) is 8.46. The van der Waals surface area contributed by atoms with Crippen molar-refractivity contribution in [2.24, 2.45) is 5.73 Å². The summed E-state index contributed by atoms with van der Waals surface area (Å²) in [5, 5.41) is 2.84. The molecule has 24 heavy (non-hydrogen) atoms. The summed E-state index contributed by atoms with van der Waals surface area (Å²) < 4.78 is 5.63. The first-order valence-electron chi connectivity index (χ1n) is 7.90. The van der Waals surface area contributed by atoms with Gasteiger partial charge in [0.1, 0.15) is 12.4 Å². The summed E-state index contributed by atoms with van der Waals surface area (Å²) in [6.45, 7) is 5.69. The highest BCUT2D eigenvalue weighted by Crippen LogP contribution is 2.18. The second kappa shape index (κ2) is 9.96. The largest absolute Gasteiger partial charge is 0.492 e. The molecule has 2 rings (SSSR count). The Morgan fingerprint density at radius 2 is 1.71 bits per heavy atom. The van der Waals surface area contributed by atoms with Crippen molar-refractivity contribution in [1.29, 1.82) is 0 Å². The molecule has 0 aliphatic carbocycles. The molecule has 0 saturated heterocycles. The number of ether oxygens (including phenoxy) is 1. The van der Waals surface area contributed by atoms with Crippen molar-refractivity contribution in [3.63, 3.8) is 0 Å². The minimum atomic E-state index is -0.104. The van der Waals surface area contributed by atoms with Crippen molar-refractivity contribution in [2.75, 3.05) is 13.2 Å². The van der Waals surface area contributed by atoms with E-state index in [9.17, 15) is 4.79 Å². The third kappa shape index (κ3) is 5.87. The van der Waals surface area contributed by atoms with Crippen LogP contribution in [0.4, 0.5) is 0 Å². The van der Waals surface area contributed by atoms with Crippen LogP contribution in [-0.2, 0) is 6.54 Å². The first-order valence-corrected chi connectivity index (χ1v) is 7.90. The highest BCUT2D eigenvalue weighted by atomic mass is 35.5. The number of amides is 1. The van der Waals surface area contributed by atoms with Gasteiger partial charge < -0.3 is 15.8 Å². The van der Waals surface area contributed by atoms with E-state index in [1.54, 1.807) is 12.1 Å². The van der Waals surface area contributed by atoms with E-state index < -0.39 is 0 Å². The Morgan fingerprint density at radius 3 is 2.25 bits per heavy atom. The summed E-state index contributed by atoms with van der Waals surface area (Å²) >= 11 is 0. The molecule has 0 aliphatic rings. The zero-order chi connectivity index (χ0) is 16.7. The molecule has 2 aromatic carbocycles. The van der Waals surface area contributed by atoms with Crippen LogP contribution in [-0.4, -0.2) is 19.1 Å². The van der Waals surface area contributed by atoms with E-state index in [0.29, 0.717) is 31.2 Å². The average molecular weight is 349 g/mol. The van der Waals surface area contributed by atoms with Gasteiger partial charge in [0.05, 0.1) is 6.54 Å². The smallest absolute Gasteiger partial charge is 0.251 e. The molecule has 0 fully saturated rings. The van der Waals surface area contributed by atoms with E-state index >= 15 is 0 Å². The number of halogens is 1. The number of carbonyl (C=O) groups excluding carboxylic acids is 1. The van der Waals surface area contributed by atoms with Gasteiger partial charge in [-0.05, 0) is 41.3 Å². The van der Waals surface area contributed by atoms with Crippen LogP contribution in [0.15, 0.2) is 48.5 Å². The van der Waals surface area contributed by atoms with Crippen LogP contribution in [0.2, 0.25) is 0 Å². The third-order valence-corrected chi connectivity index (χ3v) is 3.65. The number of carbonyl (C=O) groups is 1. The Labute approximate surface area is 149 Å². The van der Waals surface area contributed by atoms with Crippen LogP contribution in [0.1, 0.15) is 41.3 Å². The molecule has 0 aliphatic heterocycles. The van der Waals surface area contributed by atoms with Crippen LogP contribution in [0.25, 0.3) is 0 Å². The molecule has 0 atom stereocenters. The van der Waals surface area contributed by atoms with Gasteiger partial charge in [-0.2, -0.15) is 0 Å². The Bertz CT molecular complexity index is 625. The van der Waals surface area contributed by atoms with Crippen LogP contribution in [0, 0.1) is 0 Å². The fourth-order valence-electron chi connectivity index (χ4n) is 2.18. The fraction of sp³-hybridized carbons (Fsp3) is 0.316. The predicted molar refractivity (Wildman–Crippen MR) is 99.9 cm³/mol. The maximum Gasteiger partial charge on any atom is 0.251 e. The Kier molecular flexibility index (Phi) is 8.30. The van der Waals surface area contributed by atoms with Gasteiger partial charge in [-0.1, -0.05) is 38.1 Å². The molecule has 0 unspecified atom stereocenters. The normalized spacial score (nSPS) is 10.2. The second-order valence-corrected chi connectivity index (χ2v) is 5.73. The first kappa shape index (κ1) is 20.0. The third-order valence-electron chi connectivity index (χ3n) is 3.65. The molecule has 0 saturated carbocycles. The molecule has 0 bridgehead atoms. The van der Waals surface area contributed by atoms with Crippen molar-refractivity contribution in [3.05, 3.63) is 65.2 Å². The average Bonchev–Trinajstić information content (AvgIpc) is 2.59. The molecule has 130 valence electrons. The lowest BCUT2D eigenvalue weighted by molar-refractivity contribution is 0.0947. The molecule has 4 nitrogen and oxygen atoms in total. The topological polar surface area (TPSA) is 64.3 Å². The SMILES string of the molecule is CC(C)c1ccc(OCCNC(=O)c2ccc(CN)cc2)cc1.Cl. The lowest BCUT2D eigenvalue weighted by atomic mass is 10.0. The van der Waals surface area contributed by atoms with Crippen molar-refractivity contribution in [3.8, 4) is 5.75 Å². The minimum absolute atomic E-state index is 0. The van der Waals surface area contributed by atoms with Crippen LogP contribution in [0.3, 0.4) is 0 Å². The molecule has 0 spiro atoms. The maximum absolute atomic E-state index is 12.0. The molecule has 3 N–H and O–H groups in total. The maximum atomic E-state index is 12.0. The summed E-state index contributed by atoms with van der Waals surface area (Å²) in [6.07, 6.45) is 0. The standard InChI is InChI=1S/C19H24N2O2.ClH/c1-14(2)16-7-9-18(10-8-16)23-12-11-21-19(22)17-5-3-15(13-20)4-6-17;/h3-10,14H,11-13,20H2,1-2H3,(H,21,22);1H. The van der Waals surface area contributed by atoms with Crippen LogP contribution < -0.4 is 15.8 Å². The number of nitrogens with one attached hydrogen (secondary N) is 1. The van der Waals surface area contributed by atoms with Gasteiger partial charge in [0.2, 0.25) is 0 Å². The quantitative estimate of drug-likeness (QED) is 0.753. The molecule has 2 aromatic rings. The molecule has 0 aromatic heterocycles. The van der Waals surface area contributed by atoms with Crippen molar-refractivity contribution >= 4 is 18.3 Å². The van der Waals surface area contributed by atoms with Gasteiger partial charge in [-0.15, -0.1) is 12.4 Å². The Balaban J connectivity index is 0.00000288. The summed E-state index contributed by atoms with van der Waals surface area (Å²) in [6, 6.07) is 15.3. The Hall–Kier alpha value is -2.04. The van der Waals surface area contributed by atoms with E-state index in [-0.39, 0.29) is 18.3 Å². The lowest BCUT2D eigenvalue weighted by Crippen LogP contribution is -2.28. The van der Waals surface area contributed by atoms with Crippen molar-refractivity contribution in [1.82, 2.24) is 5.32 Å². The Morgan fingerprint density at radius 1 is 1.08 bits per heavy atom. The molecule has 1 amide bonds. The molecular formula is C19H25ClN2O2. The summed E-state index contributed by atoms with van der Waals surface area (Å²) in [7, 11) is 0. The van der Waals surface area contributed by atoms with E-state index in [1.165, 1.54) is 5.56 Å². The zero-order valence-electron chi connectivity index (χ0n) is 14.1. The fourth-order valence-corrected chi connectivity index (χ4v) is 2.18. The molecule has 0 heterocycles. The van der Waals surface area contributed by atoms with Gasteiger partial charge >= 0.3 is 0 Å². The summed E-state index contributed by atoms with van der Waals surface area (Å²) in [5.74, 6) is 1.22. The van der Waals surface area contributed by atoms with Crippen molar-refractivity contribution in [2.45, 2.75) is 26.3 Å². The van der Waals surface area contributed by atoms with Crippen molar-refractivity contribution < 1.29 is 9.53 Å². The van der Waals surface area contributed by atoms with Crippen LogP contribution in [0.5, 0.6) is 5.75 Å². The zero-order valence-corrected chi connectivity index (χ0v) is 14.9. The summed E-state index contributed by atoms with van der Waals surface area (Å²) in [4.78, 5) is 12.0.